The second-order valence-electron chi connectivity index (χ2n) is 5.91. The van der Waals surface area contributed by atoms with Gasteiger partial charge in [0.1, 0.15) is 5.75 Å². The molecule has 0 bridgehead atoms. The van der Waals surface area contributed by atoms with Crippen LogP contribution < -0.4 is 10.1 Å². The van der Waals surface area contributed by atoms with Crippen molar-refractivity contribution in [1.82, 2.24) is 10.2 Å². The summed E-state index contributed by atoms with van der Waals surface area (Å²) in [5.74, 6) is 0.590. The zero-order valence-electron chi connectivity index (χ0n) is 14.0. The second kappa shape index (κ2) is 8.52. The third-order valence-electron chi connectivity index (χ3n) is 4.21. The van der Waals surface area contributed by atoms with Gasteiger partial charge in [-0.2, -0.15) is 0 Å². The Labute approximate surface area is 142 Å². The fourth-order valence-electron chi connectivity index (χ4n) is 2.90. The van der Waals surface area contributed by atoms with E-state index < -0.39 is 0 Å². The van der Waals surface area contributed by atoms with E-state index in [0.717, 1.165) is 25.3 Å². The van der Waals surface area contributed by atoms with Crippen molar-refractivity contribution in [3.63, 3.8) is 0 Å². The molecular weight excluding hydrogens is 316 g/mol. The largest absolute Gasteiger partial charge is 0.496 e. The monoisotopic (exact) mass is 340 g/mol. The Morgan fingerprint density at radius 1 is 1.57 bits per heavy atom. The summed E-state index contributed by atoms with van der Waals surface area (Å²) in [6.45, 7) is 7.27. The first kappa shape index (κ1) is 18.0. The van der Waals surface area contributed by atoms with E-state index in [9.17, 15) is 4.79 Å². The zero-order valence-corrected chi connectivity index (χ0v) is 14.7. The highest BCUT2D eigenvalue weighted by Gasteiger charge is 2.24. The second-order valence-corrected chi connectivity index (χ2v) is 6.32. The van der Waals surface area contributed by atoms with Crippen LogP contribution in [0, 0.1) is 0 Å². The van der Waals surface area contributed by atoms with Crippen molar-refractivity contribution in [1.29, 1.82) is 0 Å². The van der Waals surface area contributed by atoms with E-state index in [1.54, 1.807) is 13.2 Å². The standard InChI is InChI=1S/C17H25ClN2O3/c1-12(20-7-8-23-11-13(20)2)10-19-17(21)9-14-15(18)5-4-6-16(14)22-3/h4-6,12-13H,7-11H2,1-3H3,(H,19,21)/t12-,13-/m0/s1. The van der Waals surface area contributed by atoms with Crippen molar-refractivity contribution in [2.24, 2.45) is 0 Å². The van der Waals surface area contributed by atoms with Crippen LogP contribution in [0.25, 0.3) is 0 Å². The molecule has 23 heavy (non-hydrogen) atoms. The highest BCUT2D eigenvalue weighted by molar-refractivity contribution is 6.31. The first-order valence-electron chi connectivity index (χ1n) is 7.94. The Hall–Kier alpha value is -1.30. The number of ether oxygens (including phenoxy) is 2. The number of halogens is 1. The smallest absolute Gasteiger partial charge is 0.224 e. The molecule has 0 aromatic heterocycles. The summed E-state index contributed by atoms with van der Waals surface area (Å²) < 4.78 is 10.7. The van der Waals surface area contributed by atoms with E-state index in [-0.39, 0.29) is 18.4 Å². The summed E-state index contributed by atoms with van der Waals surface area (Å²) in [4.78, 5) is 14.6. The zero-order chi connectivity index (χ0) is 16.8. The molecule has 5 nitrogen and oxygen atoms in total. The molecule has 1 saturated heterocycles. The normalized spacial score (nSPS) is 20.1. The molecule has 1 N–H and O–H groups in total. The molecule has 1 heterocycles. The van der Waals surface area contributed by atoms with Gasteiger partial charge in [-0.15, -0.1) is 0 Å². The summed E-state index contributed by atoms with van der Waals surface area (Å²) in [6.07, 6.45) is 0.216. The molecule has 1 amide bonds. The minimum atomic E-state index is -0.0517. The van der Waals surface area contributed by atoms with Gasteiger partial charge in [0.15, 0.2) is 0 Å². The molecule has 1 fully saturated rings. The number of amides is 1. The van der Waals surface area contributed by atoms with Gasteiger partial charge in [-0.3, -0.25) is 9.69 Å². The summed E-state index contributed by atoms with van der Waals surface area (Å²) >= 11 is 6.17. The number of morpholine rings is 1. The van der Waals surface area contributed by atoms with Crippen LogP contribution in [-0.4, -0.2) is 56.3 Å². The number of carbonyl (C=O) groups excluding carboxylic acids is 1. The van der Waals surface area contributed by atoms with Crippen LogP contribution in [0.3, 0.4) is 0 Å². The van der Waals surface area contributed by atoms with E-state index in [0.29, 0.717) is 23.4 Å². The molecule has 128 valence electrons. The predicted molar refractivity (Wildman–Crippen MR) is 91.2 cm³/mol. The number of nitrogens with one attached hydrogen (secondary N) is 1. The average molecular weight is 341 g/mol. The van der Waals surface area contributed by atoms with Crippen molar-refractivity contribution in [2.45, 2.75) is 32.4 Å². The minimum absolute atomic E-state index is 0.0517. The molecule has 1 aliphatic heterocycles. The van der Waals surface area contributed by atoms with Gasteiger partial charge in [0.05, 0.1) is 26.7 Å². The summed E-state index contributed by atoms with van der Waals surface area (Å²) in [5.41, 5.74) is 0.724. The Balaban J connectivity index is 1.88. The average Bonchev–Trinajstić information content (AvgIpc) is 2.55. The molecule has 1 aromatic carbocycles. The fourth-order valence-corrected chi connectivity index (χ4v) is 3.13. The third-order valence-corrected chi connectivity index (χ3v) is 4.57. The van der Waals surface area contributed by atoms with E-state index in [1.165, 1.54) is 0 Å². The Kier molecular flexibility index (Phi) is 6.69. The number of nitrogens with zero attached hydrogens (tertiary/aromatic N) is 1. The van der Waals surface area contributed by atoms with Crippen LogP contribution in [0.2, 0.25) is 5.02 Å². The van der Waals surface area contributed by atoms with E-state index in [2.05, 4.69) is 24.1 Å². The molecule has 0 saturated carbocycles. The van der Waals surface area contributed by atoms with Gasteiger partial charge in [-0.05, 0) is 26.0 Å². The molecule has 0 aliphatic carbocycles. The van der Waals surface area contributed by atoms with Gasteiger partial charge in [-0.1, -0.05) is 17.7 Å². The van der Waals surface area contributed by atoms with Gasteiger partial charge in [0.25, 0.3) is 0 Å². The van der Waals surface area contributed by atoms with Gasteiger partial charge in [0, 0.05) is 35.8 Å². The van der Waals surface area contributed by atoms with Crippen LogP contribution in [-0.2, 0) is 16.0 Å². The van der Waals surface area contributed by atoms with Gasteiger partial charge >= 0.3 is 0 Å². The van der Waals surface area contributed by atoms with Crippen LogP contribution >= 0.6 is 11.6 Å². The number of hydrogen-bond acceptors (Lipinski definition) is 4. The predicted octanol–water partition coefficient (Wildman–Crippen LogP) is 2.12. The molecule has 0 unspecified atom stereocenters. The molecule has 2 rings (SSSR count). The van der Waals surface area contributed by atoms with E-state index in [4.69, 9.17) is 21.1 Å². The first-order chi connectivity index (χ1) is 11.0. The topological polar surface area (TPSA) is 50.8 Å². The maximum absolute atomic E-state index is 12.2. The number of rotatable bonds is 6. The highest BCUT2D eigenvalue weighted by atomic mass is 35.5. The maximum atomic E-state index is 12.2. The molecule has 0 radical (unpaired) electrons. The molecule has 2 atom stereocenters. The molecule has 0 spiro atoms. The lowest BCUT2D eigenvalue weighted by Gasteiger charge is -2.37. The number of carbonyl (C=O) groups is 1. The molecule has 1 aromatic rings. The lowest BCUT2D eigenvalue weighted by atomic mass is 10.1. The van der Waals surface area contributed by atoms with Gasteiger partial charge in [0.2, 0.25) is 5.91 Å². The Morgan fingerprint density at radius 2 is 2.35 bits per heavy atom. The minimum Gasteiger partial charge on any atom is -0.496 e. The van der Waals surface area contributed by atoms with Gasteiger partial charge in [-0.25, -0.2) is 0 Å². The fraction of sp³-hybridized carbons (Fsp3) is 0.588. The van der Waals surface area contributed by atoms with Crippen molar-refractivity contribution in [3.05, 3.63) is 28.8 Å². The SMILES string of the molecule is COc1cccc(Cl)c1CC(=O)NC[C@H](C)N1CCOC[C@@H]1C. The van der Waals surface area contributed by atoms with E-state index in [1.807, 2.05) is 12.1 Å². The van der Waals surface area contributed by atoms with E-state index >= 15 is 0 Å². The van der Waals surface area contributed by atoms with Crippen LogP contribution in [0.1, 0.15) is 19.4 Å². The molecule has 6 heteroatoms. The lowest BCUT2D eigenvalue weighted by Crippen LogP contribution is -2.52. The summed E-state index contributed by atoms with van der Waals surface area (Å²) in [5, 5.41) is 3.54. The number of hydrogen-bond donors (Lipinski definition) is 1. The summed E-state index contributed by atoms with van der Waals surface area (Å²) in [6, 6.07) is 6.03. The Morgan fingerprint density at radius 3 is 3.04 bits per heavy atom. The number of benzene rings is 1. The van der Waals surface area contributed by atoms with Crippen molar-refractivity contribution < 1.29 is 14.3 Å². The first-order valence-corrected chi connectivity index (χ1v) is 8.32. The lowest BCUT2D eigenvalue weighted by molar-refractivity contribution is -0.120. The number of methoxy groups -OCH3 is 1. The molecule has 1 aliphatic rings. The van der Waals surface area contributed by atoms with Gasteiger partial charge < -0.3 is 14.8 Å². The summed E-state index contributed by atoms with van der Waals surface area (Å²) in [7, 11) is 1.58. The Bertz CT molecular complexity index is 539. The van der Waals surface area contributed by atoms with Crippen LogP contribution in [0.5, 0.6) is 5.75 Å². The van der Waals surface area contributed by atoms with Crippen molar-refractivity contribution >= 4 is 17.5 Å². The van der Waals surface area contributed by atoms with Crippen LogP contribution in [0.15, 0.2) is 18.2 Å². The van der Waals surface area contributed by atoms with Crippen LogP contribution in [0.4, 0.5) is 0 Å². The van der Waals surface area contributed by atoms with Crippen molar-refractivity contribution in [3.8, 4) is 5.75 Å². The maximum Gasteiger partial charge on any atom is 0.224 e. The van der Waals surface area contributed by atoms with Crippen molar-refractivity contribution in [2.75, 3.05) is 33.4 Å². The third kappa shape index (κ3) is 4.83. The molecular formula is C17H25ClN2O3. The quantitative estimate of drug-likeness (QED) is 0.861. The highest BCUT2D eigenvalue weighted by Crippen LogP contribution is 2.26.